The van der Waals surface area contributed by atoms with Crippen LogP contribution in [0, 0.1) is 18.8 Å². The summed E-state index contributed by atoms with van der Waals surface area (Å²) in [6, 6.07) is 5.59. The van der Waals surface area contributed by atoms with Gasteiger partial charge in [0, 0.05) is 30.9 Å². The number of nitrogens with zero attached hydrogens (tertiary/aromatic N) is 2. The second kappa shape index (κ2) is 5.72. The number of pyridine rings is 1. The van der Waals surface area contributed by atoms with Crippen LogP contribution >= 0.6 is 0 Å². The molecule has 1 aromatic heterocycles. The van der Waals surface area contributed by atoms with Gasteiger partial charge in [0.2, 0.25) is 0 Å². The summed E-state index contributed by atoms with van der Waals surface area (Å²) in [7, 11) is 0. The standard InChI is InChI=1S/C17H27N3/c1-12(2)20-10-14-5-4-6-15(11-20)17(14)19-16-8-7-13(3)18-9-16/h7-9,12,14-15,17,19H,4-6,10-11H2,1-3H3. The summed E-state index contributed by atoms with van der Waals surface area (Å²) in [6.07, 6.45) is 6.14. The zero-order valence-corrected chi connectivity index (χ0v) is 13.0. The molecular weight excluding hydrogens is 246 g/mol. The minimum atomic E-state index is 0.642. The SMILES string of the molecule is Cc1ccc(NC2C3CCCC2CN(C(C)C)C3)cn1. The summed E-state index contributed by atoms with van der Waals surface area (Å²) in [5.41, 5.74) is 2.28. The molecule has 110 valence electrons. The Morgan fingerprint density at radius 1 is 1.20 bits per heavy atom. The van der Waals surface area contributed by atoms with Crippen molar-refractivity contribution in [2.45, 2.75) is 52.1 Å². The first-order chi connectivity index (χ1) is 9.63. The number of likely N-dealkylation sites (tertiary alicyclic amines) is 1. The molecule has 1 aliphatic carbocycles. The molecule has 20 heavy (non-hydrogen) atoms. The number of aromatic nitrogens is 1. The highest BCUT2D eigenvalue weighted by molar-refractivity contribution is 5.42. The van der Waals surface area contributed by atoms with Crippen molar-refractivity contribution in [3.05, 3.63) is 24.0 Å². The van der Waals surface area contributed by atoms with E-state index in [9.17, 15) is 0 Å². The zero-order chi connectivity index (χ0) is 14.1. The maximum Gasteiger partial charge on any atom is 0.0529 e. The van der Waals surface area contributed by atoms with Gasteiger partial charge in [-0.1, -0.05) is 6.42 Å². The fourth-order valence-electron chi connectivity index (χ4n) is 3.88. The van der Waals surface area contributed by atoms with Crippen molar-refractivity contribution in [2.24, 2.45) is 11.8 Å². The van der Waals surface area contributed by atoms with Crippen molar-refractivity contribution in [1.29, 1.82) is 0 Å². The average Bonchev–Trinajstić information content (AvgIpc) is 2.40. The Morgan fingerprint density at radius 2 is 1.90 bits per heavy atom. The van der Waals surface area contributed by atoms with Crippen LogP contribution in [-0.2, 0) is 0 Å². The highest BCUT2D eigenvalue weighted by atomic mass is 15.2. The third kappa shape index (κ3) is 2.83. The number of fused-ring (bicyclic) bond motifs is 2. The Labute approximate surface area is 122 Å². The van der Waals surface area contributed by atoms with Gasteiger partial charge in [0.15, 0.2) is 0 Å². The van der Waals surface area contributed by atoms with Crippen molar-refractivity contribution in [3.8, 4) is 0 Å². The Hall–Kier alpha value is -1.09. The Balaban J connectivity index is 1.72. The largest absolute Gasteiger partial charge is 0.380 e. The third-order valence-corrected chi connectivity index (χ3v) is 5.08. The van der Waals surface area contributed by atoms with Crippen LogP contribution in [0.3, 0.4) is 0 Å². The van der Waals surface area contributed by atoms with E-state index in [1.54, 1.807) is 0 Å². The first-order valence-corrected chi connectivity index (χ1v) is 8.06. The first kappa shape index (κ1) is 13.9. The van der Waals surface area contributed by atoms with E-state index in [2.05, 4.69) is 41.2 Å². The van der Waals surface area contributed by atoms with E-state index in [4.69, 9.17) is 0 Å². The third-order valence-electron chi connectivity index (χ3n) is 5.08. The smallest absolute Gasteiger partial charge is 0.0529 e. The second-order valence-corrected chi connectivity index (χ2v) is 6.86. The Morgan fingerprint density at radius 3 is 2.45 bits per heavy atom. The maximum absolute atomic E-state index is 4.41. The summed E-state index contributed by atoms with van der Waals surface area (Å²) in [5.74, 6) is 1.59. The number of nitrogens with one attached hydrogen (secondary N) is 1. The lowest BCUT2D eigenvalue weighted by Gasteiger charge is -2.49. The summed E-state index contributed by atoms with van der Waals surface area (Å²) in [4.78, 5) is 7.08. The van der Waals surface area contributed by atoms with Gasteiger partial charge in [-0.3, -0.25) is 4.98 Å². The molecule has 0 aromatic carbocycles. The van der Waals surface area contributed by atoms with Crippen LogP contribution in [0.15, 0.2) is 18.3 Å². The van der Waals surface area contributed by atoms with E-state index in [0.717, 1.165) is 17.5 Å². The van der Waals surface area contributed by atoms with Gasteiger partial charge in [-0.2, -0.15) is 0 Å². The fourth-order valence-corrected chi connectivity index (χ4v) is 3.88. The first-order valence-electron chi connectivity index (χ1n) is 8.06. The topological polar surface area (TPSA) is 28.2 Å². The van der Waals surface area contributed by atoms with Gasteiger partial charge in [0.1, 0.15) is 0 Å². The zero-order valence-electron chi connectivity index (χ0n) is 13.0. The predicted octanol–water partition coefficient (Wildman–Crippen LogP) is 3.31. The molecule has 1 N–H and O–H groups in total. The number of hydrogen-bond acceptors (Lipinski definition) is 3. The lowest BCUT2D eigenvalue weighted by Crippen LogP contribution is -2.56. The summed E-state index contributed by atoms with van der Waals surface area (Å²) in [5, 5.41) is 3.78. The highest BCUT2D eigenvalue weighted by Crippen LogP contribution is 2.37. The van der Waals surface area contributed by atoms with Crippen LogP contribution in [0.4, 0.5) is 5.69 Å². The predicted molar refractivity (Wildman–Crippen MR) is 83.9 cm³/mol. The van der Waals surface area contributed by atoms with Gasteiger partial charge in [-0.05, 0) is 57.6 Å². The maximum atomic E-state index is 4.41. The van der Waals surface area contributed by atoms with Crippen molar-refractivity contribution >= 4 is 5.69 Å². The molecule has 2 fully saturated rings. The number of piperidine rings is 1. The lowest BCUT2D eigenvalue weighted by molar-refractivity contribution is 0.0518. The fraction of sp³-hybridized carbons (Fsp3) is 0.706. The molecule has 3 rings (SSSR count). The number of aryl methyl sites for hydroxylation is 1. The molecule has 1 aliphatic heterocycles. The molecule has 1 saturated carbocycles. The molecule has 1 saturated heterocycles. The molecule has 2 atom stereocenters. The van der Waals surface area contributed by atoms with Crippen LogP contribution in [0.5, 0.6) is 0 Å². The average molecular weight is 273 g/mol. The summed E-state index contributed by atoms with van der Waals surface area (Å²) in [6.45, 7) is 9.20. The van der Waals surface area contributed by atoms with E-state index in [1.165, 1.54) is 38.0 Å². The molecule has 3 heteroatoms. The number of hydrogen-bond donors (Lipinski definition) is 1. The van der Waals surface area contributed by atoms with Crippen LogP contribution in [0.1, 0.15) is 38.8 Å². The van der Waals surface area contributed by atoms with Gasteiger partial charge in [-0.15, -0.1) is 0 Å². The molecule has 0 radical (unpaired) electrons. The molecule has 0 spiro atoms. The minimum Gasteiger partial charge on any atom is -0.380 e. The van der Waals surface area contributed by atoms with Gasteiger partial charge < -0.3 is 10.2 Å². The second-order valence-electron chi connectivity index (χ2n) is 6.86. The van der Waals surface area contributed by atoms with Crippen molar-refractivity contribution in [3.63, 3.8) is 0 Å². The van der Waals surface area contributed by atoms with E-state index in [1.807, 2.05) is 13.1 Å². The number of rotatable bonds is 3. The summed E-state index contributed by atoms with van der Waals surface area (Å²) < 4.78 is 0. The Bertz CT molecular complexity index is 426. The molecule has 1 aromatic rings. The molecule has 2 unspecified atom stereocenters. The van der Waals surface area contributed by atoms with E-state index in [0.29, 0.717) is 12.1 Å². The normalized spacial score (nSPS) is 30.5. The quantitative estimate of drug-likeness (QED) is 0.916. The Kier molecular flexibility index (Phi) is 3.97. The number of anilines is 1. The summed E-state index contributed by atoms with van der Waals surface area (Å²) >= 11 is 0. The van der Waals surface area contributed by atoms with Gasteiger partial charge in [0.25, 0.3) is 0 Å². The molecular formula is C17H27N3. The molecule has 2 heterocycles. The van der Waals surface area contributed by atoms with Crippen molar-refractivity contribution in [1.82, 2.24) is 9.88 Å². The van der Waals surface area contributed by atoms with E-state index >= 15 is 0 Å². The molecule has 2 bridgehead atoms. The molecule has 3 nitrogen and oxygen atoms in total. The molecule has 2 aliphatic rings. The van der Waals surface area contributed by atoms with Gasteiger partial charge >= 0.3 is 0 Å². The van der Waals surface area contributed by atoms with E-state index < -0.39 is 0 Å². The van der Waals surface area contributed by atoms with Gasteiger partial charge in [-0.25, -0.2) is 0 Å². The van der Waals surface area contributed by atoms with Crippen molar-refractivity contribution < 1.29 is 0 Å². The van der Waals surface area contributed by atoms with Gasteiger partial charge in [0.05, 0.1) is 11.9 Å². The molecule has 0 amide bonds. The van der Waals surface area contributed by atoms with Crippen LogP contribution in [0.25, 0.3) is 0 Å². The highest BCUT2D eigenvalue weighted by Gasteiger charge is 2.39. The van der Waals surface area contributed by atoms with Crippen LogP contribution in [0.2, 0.25) is 0 Å². The van der Waals surface area contributed by atoms with Crippen molar-refractivity contribution in [2.75, 3.05) is 18.4 Å². The van der Waals surface area contributed by atoms with E-state index in [-0.39, 0.29) is 0 Å². The van der Waals surface area contributed by atoms with Crippen LogP contribution < -0.4 is 5.32 Å². The monoisotopic (exact) mass is 273 g/mol. The van der Waals surface area contributed by atoms with Crippen LogP contribution in [-0.4, -0.2) is 35.1 Å². The lowest BCUT2D eigenvalue weighted by atomic mass is 9.73. The minimum absolute atomic E-state index is 0.642.